The van der Waals surface area contributed by atoms with Crippen molar-refractivity contribution in [2.75, 3.05) is 12.3 Å². The first-order valence-corrected chi connectivity index (χ1v) is 8.12. The summed E-state index contributed by atoms with van der Waals surface area (Å²) in [6.07, 6.45) is 6.27. The lowest BCUT2D eigenvalue weighted by atomic mass is 10.1. The minimum absolute atomic E-state index is 0.599. The molecular weight excluding hydrogens is 268 g/mol. The van der Waals surface area contributed by atoms with Crippen LogP contribution < -0.4 is 10.5 Å². The number of unbranched alkanes of at least 4 members (excludes halogenated alkanes) is 4. The van der Waals surface area contributed by atoms with Crippen molar-refractivity contribution in [3.8, 4) is 17.0 Å². The molecule has 0 amide bonds. The van der Waals surface area contributed by atoms with Gasteiger partial charge >= 0.3 is 0 Å². The molecule has 0 aliphatic carbocycles. The van der Waals surface area contributed by atoms with E-state index in [2.05, 4.69) is 11.9 Å². The van der Waals surface area contributed by atoms with Crippen molar-refractivity contribution in [1.82, 2.24) is 4.98 Å². The van der Waals surface area contributed by atoms with Crippen LogP contribution in [0.1, 0.15) is 39.0 Å². The molecule has 0 unspecified atom stereocenters. The van der Waals surface area contributed by atoms with E-state index in [1.165, 1.54) is 37.0 Å². The van der Waals surface area contributed by atoms with E-state index in [4.69, 9.17) is 10.5 Å². The second-order valence-electron chi connectivity index (χ2n) is 4.86. The molecule has 0 spiro atoms. The van der Waals surface area contributed by atoms with Crippen LogP contribution in [0.4, 0.5) is 5.13 Å². The van der Waals surface area contributed by atoms with Gasteiger partial charge in [-0.25, -0.2) is 4.98 Å². The Morgan fingerprint density at radius 3 is 2.80 bits per heavy atom. The van der Waals surface area contributed by atoms with E-state index in [9.17, 15) is 0 Å². The first-order valence-electron chi connectivity index (χ1n) is 7.24. The maximum absolute atomic E-state index is 5.80. The first kappa shape index (κ1) is 14.9. The van der Waals surface area contributed by atoms with Crippen LogP contribution in [0.5, 0.6) is 5.75 Å². The predicted molar refractivity (Wildman–Crippen MR) is 86.2 cm³/mol. The van der Waals surface area contributed by atoms with Crippen molar-refractivity contribution < 1.29 is 4.74 Å². The molecule has 0 aliphatic rings. The molecule has 1 aromatic heterocycles. The van der Waals surface area contributed by atoms with Gasteiger partial charge in [0.2, 0.25) is 0 Å². The SMILES string of the molecule is CCCCCCCOc1cccc(-c2csc(N)n2)c1. The van der Waals surface area contributed by atoms with E-state index < -0.39 is 0 Å². The van der Waals surface area contributed by atoms with Gasteiger partial charge in [-0.15, -0.1) is 11.3 Å². The van der Waals surface area contributed by atoms with Crippen LogP contribution in [0.3, 0.4) is 0 Å². The van der Waals surface area contributed by atoms with Crippen LogP contribution in [0.15, 0.2) is 29.6 Å². The summed E-state index contributed by atoms with van der Waals surface area (Å²) in [5.41, 5.74) is 7.64. The minimum atomic E-state index is 0.599. The Morgan fingerprint density at radius 1 is 1.20 bits per heavy atom. The van der Waals surface area contributed by atoms with Crippen molar-refractivity contribution >= 4 is 16.5 Å². The Morgan fingerprint density at radius 2 is 2.05 bits per heavy atom. The zero-order valence-corrected chi connectivity index (χ0v) is 12.8. The highest BCUT2D eigenvalue weighted by molar-refractivity contribution is 7.13. The van der Waals surface area contributed by atoms with Crippen LogP contribution in [0.25, 0.3) is 11.3 Å². The predicted octanol–water partition coefficient (Wildman–Crippen LogP) is 4.74. The maximum Gasteiger partial charge on any atom is 0.180 e. The van der Waals surface area contributed by atoms with Crippen LogP contribution in [-0.4, -0.2) is 11.6 Å². The van der Waals surface area contributed by atoms with Crippen LogP contribution in [0.2, 0.25) is 0 Å². The van der Waals surface area contributed by atoms with Crippen molar-refractivity contribution in [1.29, 1.82) is 0 Å². The number of rotatable bonds is 8. The number of anilines is 1. The molecule has 0 radical (unpaired) electrons. The van der Waals surface area contributed by atoms with Gasteiger partial charge in [-0.05, 0) is 18.6 Å². The number of hydrogen-bond acceptors (Lipinski definition) is 4. The third-order valence-corrected chi connectivity index (χ3v) is 3.84. The van der Waals surface area contributed by atoms with Crippen LogP contribution in [0, 0.1) is 0 Å². The topological polar surface area (TPSA) is 48.1 Å². The summed E-state index contributed by atoms with van der Waals surface area (Å²) >= 11 is 1.46. The Bertz CT molecular complexity index is 525. The molecule has 3 nitrogen and oxygen atoms in total. The number of ether oxygens (including phenoxy) is 1. The number of nitrogens with zero attached hydrogens (tertiary/aromatic N) is 1. The fourth-order valence-electron chi connectivity index (χ4n) is 2.06. The highest BCUT2D eigenvalue weighted by Crippen LogP contribution is 2.26. The number of nitrogens with two attached hydrogens (primary N) is 1. The zero-order valence-electron chi connectivity index (χ0n) is 12.0. The second kappa shape index (κ2) is 7.90. The summed E-state index contributed by atoms with van der Waals surface area (Å²) in [5.74, 6) is 0.907. The number of aromatic nitrogens is 1. The van der Waals surface area contributed by atoms with E-state index in [-0.39, 0.29) is 0 Å². The summed E-state index contributed by atoms with van der Waals surface area (Å²) in [6, 6.07) is 8.05. The standard InChI is InChI=1S/C16H22N2OS/c1-2-3-4-5-6-10-19-14-9-7-8-13(11-14)15-12-20-16(17)18-15/h7-9,11-12H,2-6,10H2,1H3,(H2,17,18). The molecule has 0 aliphatic heterocycles. The van der Waals surface area contributed by atoms with E-state index in [0.29, 0.717) is 5.13 Å². The Kier molecular flexibility index (Phi) is 5.87. The fraction of sp³-hybridized carbons (Fsp3) is 0.438. The first-order chi connectivity index (χ1) is 9.79. The van der Waals surface area contributed by atoms with Gasteiger partial charge in [0.25, 0.3) is 0 Å². The van der Waals surface area contributed by atoms with Gasteiger partial charge in [-0.1, -0.05) is 44.7 Å². The quantitative estimate of drug-likeness (QED) is 0.714. The van der Waals surface area contributed by atoms with Gasteiger partial charge in [-0.3, -0.25) is 0 Å². The molecule has 20 heavy (non-hydrogen) atoms. The molecule has 108 valence electrons. The molecule has 0 atom stereocenters. The van der Waals surface area contributed by atoms with Gasteiger partial charge in [0, 0.05) is 10.9 Å². The molecule has 2 aromatic rings. The highest BCUT2D eigenvalue weighted by Gasteiger charge is 2.03. The third kappa shape index (κ3) is 4.53. The lowest BCUT2D eigenvalue weighted by Gasteiger charge is -2.07. The van der Waals surface area contributed by atoms with Gasteiger partial charge in [0.15, 0.2) is 5.13 Å². The van der Waals surface area contributed by atoms with E-state index in [1.54, 1.807) is 0 Å². The van der Waals surface area contributed by atoms with Crippen molar-refractivity contribution in [2.24, 2.45) is 0 Å². The second-order valence-corrected chi connectivity index (χ2v) is 5.75. The lowest BCUT2D eigenvalue weighted by Crippen LogP contribution is -1.97. The molecule has 2 N–H and O–H groups in total. The van der Waals surface area contributed by atoms with E-state index >= 15 is 0 Å². The minimum Gasteiger partial charge on any atom is -0.494 e. The van der Waals surface area contributed by atoms with Crippen molar-refractivity contribution in [3.63, 3.8) is 0 Å². The average Bonchev–Trinajstić information content (AvgIpc) is 2.90. The molecule has 1 aromatic carbocycles. The summed E-state index contributed by atoms with van der Waals surface area (Å²) in [6.45, 7) is 3.01. The summed E-state index contributed by atoms with van der Waals surface area (Å²) < 4.78 is 5.80. The molecule has 0 saturated heterocycles. The van der Waals surface area contributed by atoms with Crippen molar-refractivity contribution in [3.05, 3.63) is 29.6 Å². The number of hydrogen-bond donors (Lipinski definition) is 1. The molecule has 0 bridgehead atoms. The summed E-state index contributed by atoms with van der Waals surface area (Å²) in [5, 5.41) is 2.57. The number of nitrogen functional groups attached to an aromatic ring is 1. The Hall–Kier alpha value is -1.55. The normalized spacial score (nSPS) is 10.7. The molecule has 4 heteroatoms. The third-order valence-electron chi connectivity index (χ3n) is 3.17. The van der Waals surface area contributed by atoms with Gasteiger partial charge in [0.1, 0.15) is 5.75 Å². The lowest BCUT2D eigenvalue weighted by molar-refractivity contribution is 0.304. The van der Waals surface area contributed by atoms with Crippen LogP contribution in [-0.2, 0) is 0 Å². The fourth-order valence-corrected chi connectivity index (χ4v) is 2.63. The average molecular weight is 290 g/mol. The van der Waals surface area contributed by atoms with Crippen LogP contribution >= 0.6 is 11.3 Å². The van der Waals surface area contributed by atoms with Gasteiger partial charge in [-0.2, -0.15) is 0 Å². The molecule has 1 heterocycles. The van der Waals surface area contributed by atoms with E-state index in [0.717, 1.165) is 30.0 Å². The molecule has 2 rings (SSSR count). The van der Waals surface area contributed by atoms with E-state index in [1.807, 2.05) is 29.6 Å². The monoisotopic (exact) mass is 290 g/mol. The zero-order chi connectivity index (χ0) is 14.2. The summed E-state index contributed by atoms with van der Waals surface area (Å²) in [7, 11) is 0. The largest absolute Gasteiger partial charge is 0.494 e. The van der Waals surface area contributed by atoms with Gasteiger partial charge in [0.05, 0.1) is 12.3 Å². The number of thiazole rings is 1. The Labute approximate surface area is 124 Å². The maximum atomic E-state index is 5.80. The Balaban J connectivity index is 1.84. The molecule has 0 fully saturated rings. The smallest absolute Gasteiger partial charge is 0.180 e. The van der Waals surface area contributed by atoms with Gasteiger partial charge < -0.3 is 10.5 Å². The molecule has 0 saturated carbocycles. The highest BCUT2D eigenvalue weighted by atomic mass is 32.1. The van der Waals surface area contributed by atoms with Crippen molar-refractivity contribution in [2.45, 2.75) is 39.0 Å². The summed E-state index contributed by atoms with van der Waals surface area (Å²) in [4.78, 5) is 4.29. The molecular formula is C16H22N2OS. The number of benzene rings is 1.